The standard InChI is InChI=1S/C24H32F6O4/c25-23(26,27)17-11-3-1-5-13-19(17)33-21(31)15-9-7-8-10-16(15)22(32)34-20-14-6-2-4-12-18(20)24(28,29)30/h7,9,15-20H,1-6,8,10-14H2. The first-order valence-corrected chi connectivity index (χ1v) is 12.2. The summed E-state index contributed by atoms with van der Waals surface area (Å²) in [4.78, 5) is 25.8. The van der Waals surface area contributed by atoms with Gasteiger partial charge in [-0.1, -0.05) is 37.8 Å². The van der Waals surface area contributed by atoms with E-state index in [2.05, 4.69) is 0 Å². The number of esters is 2. The maximum atomic E-state index is 13.5. The van der Waals surface area contributed by atoms with Crippen LogP contribution in [0.3, 0.4) is 0 Å². The molecule has 0 bridgehead atoms. The van der Waals surface area contributed by atoms with Crippen LogP contribution in [0.2, 0.25) is 0 Å². The van der Waals surface area contributed by atoms with Crippen molar-refractivity contribution in [3.8, 4) is 0 Å². The average Bonchev–Trinajstić information content (AvgIpc) is 3.14. The molecule has 0 heterocycles. The van der Waals surface area contributed by atoms with Crippen molar-refractivity contribution in [2.75, 3.05) is 0 Å². The molecule has 0 radical (unpaired) electrons. The van der Waals surface area contributed by atoms with Gasteiger partial charge in [0.05, 0.1) is 23.7 Å². The zero-order valence-corrected chi connectivity index (χ0v) is 19.0. The molecule has 0 aromatic carbocycles. The van der Waals surface area contributed by atoms with Crippen molar-refractivity contribution >= 4 is 11.9 Å². The Morgan fingerprint density at radius 1 is 0.647 bits per heavy atom. The minimum absolute atomic E-state index is 0.0802. The topological polar surface area (TPSA) is 52.6 Å². The van der Waals surface area contributed by atoms with Crippen LogP contribution in [0.25, 0.3) is 0 Å². The maximum Gasteiger partial charge on any atom is 0.395 e. The third-order valence-corrected chi connectivity index (χ3v) is 7.28. The predicted molar refractivity (Wildman–Crippen MR) is 110 cm³/mol. The van der Waals surface area contributed by atoms with Crippen LogP contribution in [0.1, 0.15) is 77.0 Å². The minimum Gasteiger partial charge on any atom is -0.461 e. The van der Waals surface area contributed by atoms with Crippen LogP contribution in [-0.2, 0) is 19.1 Å². The van der Waals surface area contributed by atoms with Crippen molar-refractivity contribution in [2.24, 2.45) is 23.7 Å². The van der Waals surface area contributed by atoms with Gasteiger partial charge in [0, 0.05) is 0 Å². The van der Waals surface area contributed by atoms with Crippen molar-refractivity contribution in [3.63, 3.8) is 0 Å². The zero-order chi connectivity index (χ0) is 24.9. The van der Waals surface area contributed by atoms with Gasteiger partial charge in [-0.2, -0.15) is 26.3 Å². The number of alkyl halides is 6. The fourth-order valence-corrected chi connectivity index (χ4v) is 5.38. The lowest BCUT2D eigenvalue weighted by atomic mass is 9.83. The van der Waals surface area contributed by atoms with Crippen LogP contribution in [0, 0.1) is 23.7 Å². The Hall–Kier alpha value is -1.74. The summed E-state index contributed by atoms with van der Waals surface area (Å²) >= 11 is 0. The summed E-state index contributed by atoms with van der Waals surface area (Å²) in [5, 5.41) is 0. The van der Waals surface area contributed by atoms with Gasteiger partial charge in [-0.15, -0.1) is 0 Å². The molecule has 10 heteroatoms. The van der Waals surface area contributed by atoms with E-state index >= 15 is 0 Å². The zero-order valence-electron chi connectivity index (χ0n) is 19.0. The second kappa shape index (κ2) is 11.3. The number of allylic oxidation sites excluding steroid dienone is 1. The molecule has 0 aromatic rings. The van der Waals surface area contributed by atoms with Gasteiger partial charge < -0.3 is 9.47 Å². The fourth-order valence-electron chi connectivity index (χ4n) is 5.38. The van der Waals surface area contributed by atoms with Gasteiger partial charge in [-0.3, -0.25) is 9.59 Å². The SMILES string of the molecule is O=C(OC1CCCCCC1C(F)(F)F)C1C=CCCC1C(=O)OC1CCCCCC1C(F)(F)F. The van der Waals surface area contributed by atoms with Crippen LogP contribution in [0.5, 0.6) is 0 Å². The van der Waals surface area contributed by atoms with Gasteiger partial charge >= 0.3 is 24.3 Å². The van der Waals surface area contributed by atoms with E-state index in [0.717, 1.165) is 0 Å². The number of rotatable bonds is 4. The van der Waals surface area contributed by atoms with Crippen molar-refractivity contribution in [3.05, 3.63) is 12.2 Å². The molecular weight excluding hydrogens is 466 g/mol. The molecule has 4 nitrogen and oxygen atoms in total. The third kappa shape index (κ3) is 6.90. The molecule has 3 aliphatic rings. The molecule has 2 fully saturated rings. The van der Waals surface area contributed by atoms with Crippen LogP contribution < -0.4 is 0 Å². The highest BCUT2D eigenvalue weighted by atomic mass is 19.4. The number of ether oxygens (including phenoxy) is 2. The van der Waals surface area contributed by atoms with Crippen molar-refractivity contribution in [1.82, 2.24) is 0 Å². The summed E-state index contributed by atoms with van der Waals surface area (Å²) in [6.07, 6.45) is -5.16. The maximum absolute atomic E-state index is 13.5. The van der Waals surface area contributed by atoms with Gasteiger partial charge in [0.2, 0.25) is 0 Å². The minimum atomic E-state index is -4.51. The Bertz CT molecular complexity index is 732. The molecule has 194 valence electrons. The van der Waals surface area contributed by atoms with Crippen LogP contribution in [0.15, 0.2) is 12.2 Å². The second-order valence-corrected chi connectivity index (χ2v) is 9.66. The number of carbonyl (C=O) groups excluding carboxylic acids is 2. The van der Waals surface area contributed by atoms with Gasteiger partial charge in [-0.25, -0.2) is 0 Å². The first kappa shape index (κ1) is 26.9. The molecule has 3 rings (SSSR count). The largest absolute Gasteiger partial charge is 0.461 e. The predicted octanol–water partition coefficient (Wildman–Crippen LogP) is 6.68. The summed E-state index contributed by atoms with van der Waals surface area (Å²) < 4.78 is 91.8. The number of halogens is 6. The first-order valence-electron chi connectivity index (χ1n) is 12.2. The summed E-state index contributed by atoms with van der Waals surface area (Å²) in [5.74, 6) is -7.65. The Kier molecular flexibility index (Phi) is 8.95. The van der Waals surface area contributed by atoms with Crippen molar-refractivity contribution in [1.29, 1.82) is 0 Å². The highest BCUT2D eigenvalue weighted by Crippen LogP contribution is 2.41. The van der Waals surface area contributed by atoms with Crippen LogP contribution in [0.4, 0.5) is 26.3 Å². The Balaban J connectivity index is 1.71. The number of carbonyl (C=O) groups is 2. The van der Waals surface area contributed by atoms with Gasteiger partial charge in [-0.05, 0) is 51.4 Å². The lowest BCUT2D eigenvalue weighted by molar-refractivity contribution is -0.216. The number of hydrogen-bond acceptors (Lipinski definition) is 4. The van der Waals surface area contributed by atoms with E-state index in [1.807, 2.05) is 0 Å². The fraction of sp³-hybridized carbons (Fsp3) is 0.833. The highest BCUT2D eigenvalue weighted by Gasteiger charge is 2.49. The summed E-state index contributed by atoms with van der Waals surface area (Å²) in [7, 11) is 0. The lowest BCUT2D eigenvalue weighted by Gasteiger charge is -2.32. The summed E-state index contributed by atoms with van der Waals surface area (Å²) in [6, 6.07) is 0. The van der Waals surface area contributed by atoms with Crippen molar-refractivity contribution in [2.45, 2.75) is 102 Å². The quantitative estimate of drug-likeness (QED) is 0.188. The average molecular weight is 499 g/mol. The number of hydrogen-bond donors (Lipinski definition) is 0. The smallest absolute Gasteiger partial charge is 0.395 e. The van der Waals surface area contributed by atoms with E-state index in [1.165, 1.54) is 6.08 Å². The molecule has 0 amide bonds. The molecule has 0 aliphatic heterocycles. The molecule has 2 saturated carbocycles. The Morgan fingerprint density at radius 3 is 1.62 bits per heavy atom. The van der Waals surface area contributed by atoms with E-state index in [0.29, 0.717) is 44.9 Å². The molecule has 0 N–H and O–H groups in total. The van der Waals surface area contributed by atoms with E-state index in [1.54, 1.807) is 6.08 Å². The molecule has 0 saturated heterocycles. The normalized spacial score (nSPS) is 33.5. The first-order chi connectivity index (χ1) is 16.0. The molecule has 34 heavy (non-hydrogen) atoms. The molecule has 0 aromatic heterocycles. The molecule has 0 spiro atoms. The van der Waals surface area contributed by atoms with E-state index in [4.69, 9.17) is 9.47 Å². The highest BCUT2D eigenvalue weighted by molar-refractivity contribution is 5.84. The van der Waals surface area contributed by atoms with Crippen LogP contribution >= 0.6 is 0 Å². The van der Waals surface area contributed by atoms with E-state index in [9.17, 15) is 35.9 Å². The van der Waals surface area contributed by atoms with E-state index < -0.39 is 60.2 Å². The van der Waals surface area contributed by atoms with Crippen molar-refractivity contribution < 1.29 is 45.4 Å². The molecule has 6 atom stereocenters. The van der Waals surface area contributed by atoms with Gasteiger partial charge in [0.15, 0.2) is 0 Å². The Morgan fingerprint density at radius 2 is 1.12 bits per heavy atom. The lowest BCUT2D eigenvalue weighted by Crippen LogP contribution is -2.42. The monoisotopic (exact) mass is 498 g/mol. The molecular formula is C24H32F6O4. The van der Waals surface area contributed by atoms with Crippen LogP contribution in [-0.4, -0.2) is 36.5 Å². The summed E-state index contributed by atoms with van der Waals surface area (Å²) in [5.41, 5.74) is 0. The third-order valence-electron chi connectivity index (χ3n) is 7.28. The van der Waals surface area contributed by atoms with E-state index in [-0.39, 0.29) is 32.1 Å². The Labute approximate surface area is 195 Å². The summed E-state index contributed by atoms with van der Waals surface area (Å²) in [6.45, 7) is 0. The van der Waals surface area contributed by atoms with Gasteiger partial charge in [0.1, 0.15) is 12.2 Å². The molecule has 6 unspecified atom stereocenters. The van der Waals surface area contributed by atoms with Gasteiger partial charge in [0.25, 0.3) is 0 Å². The molecule has 3 aliphatic carbocycles. The second-order valence-electron chi connectivity index (χ2n) is 9.66.